The SMILES string of the molecule is COc1cccc2cc(C(=O)N/N=C\c3ccc([N+](=O)[O-])cc3)oc12. The van der Waals surface area contributed by atoms with E-state index in [-0.39, 0.29) is 11.4 Å². The highest BCUT2D eigenvalue weighted by atomic mass is 16.6. The molecule has 0 fully saturated rings. The van der Waals surface area contributed by atoms with Crippen LogP contribution in [0.1, 0.15) is 16.1 Å². The van der Waals surface area contributed by atoms with Gasteiger partial charge in [-0.25, -0.2) is 5.43 Å². The fourth-order valence-corrected chi connectivity index (χ4v) is 2.21. The van der Waals surface area contributed by atoms with Crippen molar-refractivity contribution in [2.45, 2.75) is 0 Å². The van der Waals surface area contributed by atoms with Crippen LogP contribution in [0.25, 0.3) is 11.0 Å². The third-order valence-corrected chi connectivity index (χ3v) is 3.44. The smallest absolute Gasteiger partial charge is 0.307 e. The number of hydrogen-bond acceptors (Lipinski definition) is 6. The van der Waals surface area contributed by atoms with Crippen LogP contribution in [0.5, 0.6) is 5.75 Å². The number of nitrogens with zero attached hydrogens (tertiary/aromatic N) is 2. The lowest BCUT2D eigenvalue weighted by atomic mass is 10.2. The number of hydrogen-bond donors (Lipinski definition) is 1. The van der Waals surface area contributed by atoms with E-state index in [1.165, 1.54) is 37.6 Å². The van der Waals surface area contributed by atoms with Crippen LogP contribution < -0.4 is 10.2 Å². The number of hydrazone groups is 1. The van der Waals surface area contributed by atoms with Gasteiger partial charge in [0.25, 0.3) is 5.69 Å². The van der Waals surface area contributed by atoms with Gasteiger partial charge in [-0.3, -0.25) is 14.9 Å². The van der Waals surface area contributed by atoms with E-state index in [1.807, 2.05) is 0 Å². The molecular weight excluding hydrogens is 326 g/mol. The van der Waals surface area contributed by atoms with Gasteiger partial charge in [-0.05, 0) is 29.8 Å². The second kappa shape index (κ2) is 6.83. The third-order valence-electron chi connectivity index (χ3n) is 3.44. The van der Waals surface area contributed by atoms with Gasteiger partial charge in [-0.2, -0.15) is 5.10 Å². The quantitative estimate of drug-likeness (QED) is 0.436. The lowest BCUT2D eigenvalue weighted by Gasteiger charge is -1.98. The number of ether oxygens (including phenoxy) is 1. The van der Waals surface area contributed by atoms with Crippen molar-refractivity contribution in [2.24, 2.45) is 5.10 Å². The molecule has 8 nitrogen and oxygen atoms in total. The van der Waals surface area contributed by atoms with Gasteiger partial charge >= 0.3 is 5.91 Å². The van der Waals surface area contributed by atoms with E-state index in [4.69, 9.17) is 9.15 Å². The molecule has 1 aromatic heterocycles. The minimum absolute atomic E-state index is 0.0163. The van der Waals surface area contributed by atoms with Crippen LogP contribution in [0.3, 0.4) is 0 Å². The number of furan rings is 1. The highest BCUT2D eigenvalue weighted by Gasteiger charge is 2.14. The van der Waals surface area contributed by atoms with Gasteiger partial charge in [0.15, 0.2) is 17.1 Å². The van der Waals surface area contributed by atoms with E-state index in [9.17, 15) is 14.9 Å². The van der Waals surface area contributed by atoms with Crippen molar-refractivity contribution in [1.82, 2.24) is 5.43 Å². The number of carbonyl (C=O) groups excluding carboxylic acids is 1. The molecule has 0 unspecified atom stereocenters. The molecule has 1 amide bonds. The number of amides is 1. The molecule has 3 aromatic rings. The van der Waals surface area contributed by atoms with Gasteiger partial charge in [0.1, 0.15) is 0 Å². The van der Waals surface area contributed by atoms with Crippen molar-refractivity contribution in [1.29, 1.82) is 0 Å². The molecule has 126 valence electrons. The molecule has 0 saturated heterocycles. The maximum Gasteiger partial charge on any atom is 0.307 e. The van der Waals surface area contributed by atoms with Gasteiger partial charge in [0, 0.05) is 17.5 Å². The van der Waals surface area contributed by atoms with Crippen molar-refractivity contribution in [2.75, 3.05) is 7.11 Å². The van der Waals surface area contributed by atoms with Gasteiger partial charge in [0.05, 0.1) is 18.2 Å². The predicted molar refractivity (Wildman–Crippen MR) is 90.9 cm³/mol. The van der Waals surface area contributed by atoms with Crippen LogP contribution in [0.2, 0.25) is 0 Å². The number of fused-ring (bicyclic) bond motifs is 1. The third kappa shape index (κ3) is 3.47. The summed E-state index contributed by atoms with van der Waals surface area (Å²) in [5.41, 5.74) is 3.42. The molecule has 0 aliphatic heterocycles. The summed E-state index contributed by atoms with van der Waals surface area (Å²) in [6, 6.07) is 12.7. The first-order valence-electron chi connectivity index (χ1n) is 7.23. The summed E-state index contributed by atoms with van der Waals surface area (Å²) in [5.74, 6) is 0.114. The number of nitrogens with one attached hydrogen (secondary N) is 1. The molecule has 0 aliphatic carbocycles. The fourth-order valence-electron chi connectivity index (χ4n) is 2.21. The van der Waals surface area contributed by atoms with Crippen LogP contribution in [-0.4, -0.2) is 24.2 Å². The first-order valence-corrected chi connectivity index (χ1v) is 7.23. The topological polar surface area (TPSA) is 107 Å². The second-order valence-corrected chi connectivity index (χ2v) is 5.04. The van der Waals surface area contributed by atoms with E-state index in [2.05, 4.69) is 10.5 Å². The maximum absolute atomic E-state index is 12.1. The number of nitro groups is 1. The molecule has 2 aromatic carbocycles. The molecule has 0 atom stereocenters. The number of methoxy groups -OCH3 is 1. The zero-order valence-corrected chi connectivity index (χ0v) is 13.1. The van der Waals surface area contributed by atoms with Crippen molar-refractivity contribution in [3.05, 3.63) is 70.0 Å². The molecular formula is C17H13N3O5. The summed E-state index contributed by atoms with van der Waals surface area (Å²) in [7, 11) is 1.52. The Morgan fingerprint density at radius 2 is 2.04 bits per heavy atom. The summed E-state index contributed by atoms with van der Waals surface area (Å²) in [6.45, 7) is 0. The second-order valence-electron chi connectivity index (χ2n) is 5.04. The van der Waals surface area contributed by atoms with Gasteiger partial charge in [-0.1, -0.05) is 12.1 Å². The van der Waals surface area contributed by atoms with E-state index in [0.29, 0.717) is 16.9 Å². The fraction of sp³-hybridized carbons (Fsp3) is 0.0588. The van der Waals surface area contributed by atoms with Gasteiger partial charge in [0.2, 0.25) is 0 Å². The highest BCUT2D eigenvalue weighted by Crippen LogP contribution is 2.28. The molecule has 0 radical (unpaired) electrons. The zero-order chi connectivity index (χ0) is 17.8. The molecule has 8 heteroatoms. The van der Waals surface area contributed by atoms with Crippen molar-refractivity contribution in [3.63, 3.8) is 0 Å². The first kappa shape index (κ1) is 16.2. The molecule has 0 spiro atoms. The van der Waals surface area contributed by atoms with Crippen LogP contribution in [-0.2, 0) is 0 Å². The largest absolute Gasteiger partial charge is 0.493 e. The number of non-ortho nitro benzene ring substituents is 1. The monoisotopic (exact) mass is 339 g/mol. The number of benzene rings is 2. The lowest BCUT2D eigenvalue weighted by Crippen LogP contribution is -2.16. The molecule has 1 N–H and O–H groups in total. The Morgan fingerprint density at radius 3 is 2.72 bits per heavy atom. The molecule has 1 heterocycles. The van der Waals surface area contributed by atoms with Crippen molar-refractivity contribution in [3.8, 4) is 5.75 Å². The number of carbonyl (C=O) groups is 1. The van der Waals surface area contributed by atoms with Crippen LogP contribution in [0.15, 0.2) is 58.0 Å². The Balaban J connectivity index is 1.71. The number of para-hydroxylation sites is 1. The standard InChI is InChI=1S/C17H13N3O5/c1-24-14-4-2-3-12-9-15(25-16(12)14)17(21)19-18-10-11-5-7-13(8-6-11)20(22)23/h2-10H,1H3,(H,19,21)/b18-10-. The Hall–Kier alpha value is -3.68. The average molecular weight is 339 g/mol. The summed E-state index contributed by atoms with van der Waals surface area (Å²) < 4.78 is 10.7. The Kier molecular flexibility index (Phi) is 4.42. The Bertz CT molecular complexity index is 960. The van der Waals surface area contributed by atoms with Crippen LogP contribution in [0.4, 0.5) is 5.69 Å². The molecule has 0 aliphatic rings. The Morgan fingerprint density at radius 1 is 1.28 bits per heavy atom. The van der Waals surface area contributed by atoms with Crippen LogP contribution in [0, 0.1) is 10.1 Å². The maximum atomic E-state index is 12.1. The summed E-state index contributed by atoms with van der Waals surface area (Å²) in [5, 5.41) is 15.1. The van der Waals surface area contributed by atoms with Gasteiger partial charge < -0.3 is 9.15 Å². The van der Waals surface area contributed by atoms with E-state index in [1.54, 1.807) is 24.3 Å². The summed E-state index contributed by atoms with van der Waals surface area (Å²) in [6.07, 6.45) is 1.38. The highest BCUT2D eigenvalue weighted by molar-refractivity contribution is 5.97. The lowest BCUT2D eigenvalue weighted by molar-refractivity contribution is -0.384. The summed E-state index contributed by atoms with van der Waals surface area (Å²) >= 11 is 0. The van der Waals surface area contributed by atoms with E-state index >= 15 is 0 Å². The number of nitro benzene ring substituents is 1. The first-order chi connectivity index (χ1) is 12.1. The van der Waals surface area contributed by atoms with E-state index in [0.717, 1.165) is 5.39 Å². The minimum Gasteiger partial charge on any atom is -0.493 e. The molecule has 0 saturated carbocycles. The molecule has 3 rings (SSSR count). The minimum atomic E-state index is -0.517. The summed E-state index contributed by atoms with van der Waals surface area (Å²) in [4.78, 5) is 22.2. The van der Waals surface area contributed by atoms with Crippen molar-refractivity contribution < 1.29 is 18.9 Å². The normalized spacial score (nSPS) is 10.9. The Labute approximate surface area is 141 Å². The van der Waals surface area contributed by atoms with Crippen molar-refractivity contribution >= 4 is 28.8 Å². The zero-order valence-electron chi connectivity index (χ0n) is 13.1. The average Bonchev–Trinajstić information content (AvgIpc) is 3.06. The predicted octanol–water partition coefficient (Wildman–Crippen LogP) is 3.11. The van der Waals surface area contributed by atoms with E-state index < -0.39 is 10.8 Å². The number of rotatable bonds is 5. The molecule has 0 bridgehead atoms. The van der Waals surface area contributed by atoms with Crippen LogP contribution >= 0.6 is 0 Å². The van der Waals surface area contributed by atoms with Gasteiger partial charge in [-0.15, -0.1) is 0 Å². The molecule has 25 heavy (non-hydrogen) atoms.